The molecule has 6 nitrogen and oxygen atoms in total. The normalized spacial score (nSPS) is 10.7. The highest BCUT2D eigenvalue weighted by molar-refractivity contribution is 7.99. The van der Waals surface area contributed by atoms with Crippen molar-refractivity contribution >= 4 is 40.6 Å². The standard InChI is InChI=1S/C24H21ClN4O2S/c1-29(15-17-7-3-2-4-8-17)21-10-6-5-9-20(21)26-22(30)16-32-24-28-27-23(31-24)18-11-13-19(25)14-12-18/h2-14H,15-16H2,1H3,(H,26,30). The van der Waals surface area contributed by atoms with Gasteiger partial charge in [0.05, 0.1) is 17.1 Å². The topological polar surface area (TPSA) is 71.3 Å². The molecular formula is C24H21ClN4O2S. The van der Waals surface area contributed by atoms with E-state index in [-0.39, 0.29) is 11.7 Å². The van der Waals surface area contributed by atoms with Crippen LogP contribution in [0.25, 0.3) is 11.5 Å². The molecular weight excluding hydrogens is 444 g/mol. The molecule has 0 fully saturated rings. The van der Waals surface area contributed by atoms with Gasteiger partial charge in [-0.2, -0.15) is 0 Å². The zero-order valence-corrected chi connectivity index (χ0v) is 18.9. The fraction of sp³-hybridized carbons (Fsp3) is 0.125. The molecule has 0 saturated heterocycles. The van der Waals surface area contributed by atoms with Crippen LogP contribution in [0.3, 0.4) is 0 Å². The maximum absolute atomic E-state index is 12.6. The molecule has 8 heteroatoms. The first-order valence-corrected chi connectivity index (χ1v) is 11.3. The number of amides is 1. The molecule has 0 saturated carbocycles. The number of carbonyl (C=O) groups is 1. The summed E-state index contributed by atoms with van der Waals surface area (Å²) in [5.41, 5.74) is 3.66. The lowest BCUT2D eigenvalue weighted by Crippen LogP contribution is -2.20. The van der Waals surface area contributed by atoms with E-state index < -0.39 is 0 Å². The van der Waals surface area contributed by atoms with Crippen LogP contribution < -0.4 is 10.2 Å². The number of nitrogens with zero attached hydrogens (tertiary/aromatic N) is 3. The first-order valence-electron chi connectivity index (χ1n) is 9.94. The molecule has 0 radical (unpaired) electrons. The predicted molar refractivity (Wildman–Crippen MR) is 129 cm³/mol. The minimum absolute atomic E-state index is 0.151. The summed E-state index contributed by atoms with van der Waals surface area (Å²) in [4.78, 5) is 14.7. The molecule has 0 unspecified atom stereocenters. The Morgan fingerprint density at radius 3 is 2.50 bits per heavy atom. The van der Waals surface area contributed by atoms with Crippen LogP contribution >= 0.6 is 23.4 Å². The van der Waals surface area contributed by atoms with Crippen LogP contribution in [0, 0.1) is 0 Å². The lowest BCUT2D eigenvalue weighted by atomic mass is 10.2. The molecule has 32 heavy (non-hydrogen) atoms. The van der Waals surface area contributed by atoms with Crippen LogP contribution in [0.5, 0.6) is 0 Å². The number of thioether (sulfide) groups is 1. The third-order valence-corrected chi connectivity index (χ3v) is 5.75. The number of rotatable bonds is 8. The van der Waals surface area contributed by atoms with E-state index in [1.165, 1.54) is 17.3 Å². The van der Waals surface area contributed by atoms with Crippen LogP contribution in [0.2, 0.25) is 5.02 Å². The zero-order valence-electron chi connectivity index (χ0n) is 17.4. The van der Waals surface area contributed by atoms with E-state index in [0.29, 0.717) is 16.1 Å². The van der Waals surface area contributed by atoms with Gasteiger partial charge < -0.3 is 14.6 Å². The molecule has 3 aromatic carbocycles. The Hall–Kier alpha value is -3.29. The maximum atomic E-state index is 12.6. The van der Waals surface area contributed by atoms with E-state index in [1.54, 1.807) is 24.3 Å². The van der Waals surface area contributed by atoms with Gasteiger partial charge in [-0.3, -0.25) is 4.79 Å². The Kier molecular flexibility index (Phi) is 7.09. The van der Waals surface area contributed by atoms with Crippen LogP contribution in [0.4, 0.5) is 11.4 Å². The Labute approximate surface area is 195 Å². The largest absolute Gasteiger partial charge is 0.411 e. The van der Waals surface area contributed by atoms with Crippen molar-refractivity contribution in [2.45, 2.75) is 11.8 Å². The Morgan fingerprint density at radius 1 is 1.00 bits per heavy atom. The smallest absolute Gasteiger partial charge is 0.277 e. The second-order valence-corrected chi connectivity index (χ2v) is 8.44. The highest BCUT2D eigenvalue weighted by atomic mass is 35.5. The summed E-state index contributed by atoms with van der Waals surface area (Å²) in [7, 11) is 2.00. The van der Waals surface area contributed by atoms with Gasteiger partial charge in [-0.25, -0.2) is 0 Å². The van der Waals surface area contributed by atoms with Crippen molar-refractivity contribution in [3.63, 3.8) is 0 Å². The maximum Gasteiger partial charge on any atom is 0.277 e. The number of carbonyl (C=O) groups excluding carboxylic acids is 1. The molecule has 4 rings (SSSR count). The third-order valence-electron chi connectivity index (χ3n) is 4.68. The zero-order chi connectivity index (χ0) is 22.3. The molecule has 162 valence electrons. The van der Waals surface area contributed by atoms with Crippen molar-refractivity contribution in [3.8, 4) is 11.5 Å². The highest BCUT2D eigenvalue weighted by Gasteiger charge is 2.14. The molecule has 1 aromatic heterocycles. The predicted octanol–water partition coefficient (Wildman–Crippen LogP) is 5.76. The molecule has 0 bridgehead atoms. The van der Waals surface area contributed by atoms with E-state index in [1.807, 2.05) is 49.5 Å². The molecule has 0 aliphatic carbocycles. The summed E-state index contributed by atoms with van der Waals surface area (Å²) in [6.45, 7) is 0.734. The second-order valence-electron chi connectivity index (χ2n) is 7.08. The van der Waals surface area contributed by atoms with Gasteiger partial charge in [-0.15, -0.1) is 10.2 Å². The third kappa shape index (κ3) is 5.69. The number of hydrogen-bond donors (Lipinski definition) is 1. The number of hydrogen-bond acceptors (Lipinski definition) is 6. The fourth-order valence-corrected chi connectivity index (χ4v) is 3.83. The summed E-state index contributed by atoms with van der Waals surface area (Å²) < 4.78 is 5.65. The molecule has 1 heterocycles. The average Bonchev–Trinajstić information content (AvgIpc) is 3.28. The van der Waals surface area contributed by atoms with Gasteiger partial charge in [0.15, 0.2) is 0 Å². The van der Waals surface area contributed by atoms with Crippen LogP contribution in [0.15, 0.2) is 88.5 Å². The molecule has 0 aliphatic rings. The van der Waals surface area contributed by atoms with Gasteiger partial charge >= 0.3 is 0 Å². The van der Waals surface area contributed by atoms with Crippen molar-refractivity contribution in [3.05, 3.63) is 89.4 Å². The lowest BCUT2D eigenvalue weighted by molar-refractivity contribution is -0.113. The Morgan fingerprint density at radius 2 is 1.72 bits per heavy atom. The van der Waals surface area contributed by atoms with Crippen LogP contribution in [0.1, 0.15) is 5.56 Å². The first-order chi connectivity index (χ1) is 15.6. The van der Waals surface area contributed by atoms with E-state index in [4.69, 9.17) is 16.0 Å². The Balaban J connectivity index is 1.36. The van der Waals surface area contributed by atoms with Crippen molar-refractivity contribution in [2.75, 3.05) is 23.0 Å². The van der Waals surface area contributed by atoms with Gasteiger partial charge in [0.25, 0.3) is 5.22 Å². The van der Waals surface area contributed by atoms with Crippen molar-refractivity contribution in [2.24, 2.45) is 0 Å². The molecule has 0 spiro atoms. The summed E-state index contributed by atoms with van der Waals surface area (Å²) in [6.07, 6.45) is 0. The van der Waals surface area contributed by atoms with Gasteiger partial charge in [-0.05, 0) is 42.0 Å². The van der Waals surface area contributed by atoms with E-state index in [2.05, 4.69) is 32.5 Å². The number of nitrogens with one attached hydrogen (secondary N) is 1. The quantitative estimate of drug-likeness (QED) is 0.334. The SMILES string of the molecule is CN(Cc1ccccc1)c1ccccc1NC(=O)CSc1nnc(-c2ccc(Cl)cc2)o1. The summed E-state index contributed by atoms with van der Waals surface area (Å²) in [5, 5.41) is 12.0. The van der Waals surface area contributed by atoms with Crippen molar-refractivity contribution in [1.29, 1.82) is 0 Å². The molecule has 0 aliphatic heterocycles. The van der Waals surface area contributed by atoms with E-state index in [0.717, 1.165) is 23.5 Å². The fourth-order valence-electron chi connectivity index (χ4n) is 3.15. The number of benzene rings is 3. The van der Waals surface area contributed by atoms with Gasteiger partial charge in [0, 0.05) is 24.2 Å². The van der Waals surface area contributed by atoms with Crippen LogP contribution in [-0.2, 0) is 11.3 Å². The minimum Gasteiger partial charge on any atom is -0.411 e. The average molecular weight is 465 g/mol. The summed E-state index contributed by atoms with van der Waals surface area (Å²) >= 11 is 7.10. The van der Waals surface area contributed by atoms with Gasteiger partial charge in [0.2, 0.25) is 11.8 Å². The number of anilines is 2. The second kappa shape index (κ2) is 10.3. The summed E-state index contributed by atoms with van der Waals surface area (Å²) in [6, 6.07) is 25.1. The highest BCUT2D eigenvalue weighted by Crippen LogP contribution is 2.27. The van der Waals surface area contributed by atoms with Crippen LogP contribution in [-0.4, -0.2) is 28.9 Å². The number of para-hydroxylation sites is 2. The van der Waals surface area contributed by atoms with E-state index in [9.17, 15) is 4.79 Å². The van der Waals surface area contributed by atoms with Crippen molar-refractivity contribution < 1.29 is 9.21 Å². The molecule has 1 amide bonds. The molecule has 0 atom stereocenters. The lowest BCUT2D eigenvalue weighted by Gasteiger charge is -2.22. The summed E-state index contributed by atoms with van der Waals surface area (Å²) in [5.74, 6) is 0.387. The number of aromatic nitrogens is 2. The Bertz CT molecular complexity index is 1180. The van der Waals surface area contributed by atoms with Gasteiger partial charge in [0.1, 0.15) is 0 Å². The monoisotopic (exact) mass is 464 g/mol. The molecule has 4 aromatic rings. The molecule has 1 N–H and O–H groups in total. The van der Waals surface area contributed by atoms with E-state index >= 15 is 0 Å². The first kappa shape index (κ1) is 21.9. The van der Waals surface area contributed by atoms with Crippen molar-refractivity contribution in [1.82, 2.24) is 10.2 Å². The van der Waals surface area contributed by atoms with Gasteiger partial charge in [-0.1, -0.05) is 65.8 Å². The minimum atomic E-state index is -0.151. The number of halogens is 1.